The van der Waals surface area contributed by atoms with Crippen LogP contribution in [0.15, 0.2) is 10.7 Å². The summed E-state index contributed by atoms with van der Waals surface area (Å²) in [5.41, 5.74) is 1.38. The van der Waals surface area contributed by atoms with E-state index in [2.05, 4.69) is 36.1 Å². The summed E-state index contributed by atoms with van der Waals surface area (Å²) in [6.45, 7) is 1.84. The third-order valence-electron chi connectivity index (χ3n) is 1.81. The average Bonchev–Trinajstić information content (AvgIpc) is 2.60. The van der Waals surface area contributed by atoms with Crippen LogP contribution in [0.1, 0.15) is 5.69 Å². The van der Waals surface area contributed by atoms with E-state index in [0.29, 0.717) is 21.1 Å². The summed E-state index contributed by atoms with van der Waals surface area (Å²) in [6, 6.07) is 0. The van der Waals surface area contributed by atoms with Gasteiger partial charge in [0.2, 0.25) is 0 Å². The van der Waals surface area contributed by atoms with Crippen molar-refractivity contribution in [3.05, 3.63) is 21.5 Å². The molecular weight excluding hydrogens is 281 g/mol. The van der Waals surface area contributed by atoms with Crippen LogP contribution in [0.3, 0.4) is 0 Å². The molecule has 0 spiro atoms. The molecule has 0 aliphatic heterocycles. The molecular formula is C8H7BrClN5. The Labute approximate surface area is 99.6 Å². The number of aromatic nitrogens is 5. The molecule has 7 heteroatoms. The zero-order valence-electron chi connectivity index (χ0n) is 8.07. The standard InChI is InChI=1S/C8H7BrClN5/c1-4-6(9)7(10)13-8(12-4)5-3-11-15(2)14-5/h3H,1-2H3. The monoisotopic (exact) mass is 287 g/mol. The van der Waals surface area contributed by atoms with Crippen molar-refractivity contribution in [1.29, 1.82) is 0 Å². The van der Waals surface area contributed by atoms with Crippen LogP contribution >= 0.6 is 27.5 Å². The zero-order chi connectivity index (χ0) is 11.0. The van der Waals surface area contributed by atoms with Crippen molar-refractivity contribution in [2.45, 2.75) is 6.92 Å². The summed E-state index contributed by atoms with van der Waals surface area (Å²) >= 11 is 9.22. The van der Waals surface area contributed by atoms with Crippen molar-refractivity contribution in [2.24, 2.45) is 7.05 Å². The van der Waals surface area contributed by atoms with Crippen LogP contribution in [-0.4, -0.2) is 25.0 Å². The molecule has 5 nitrogen and oxygen atoms in total. The molecule has 0 radical (unpaired) electrons. The summed E-state index contributed by atoms with van der Waals surface area (Å²) in [7, 11) is 1.73. The maximum atomic E-state index is 5.92. The van der Waals surface area contributed by atoms with Crippen LogP contribution < -0.4 is 0 Å². The fraction of sp³-hybridized carbons (Fsp3) is 0.250. The van der Waals surface area contributed by atoms with Crippen molar-refractivity contribution < 1.29 is 0 Å². The number of hydrogen-bond donors (Lipinski definition) is 0. The molecule has 0 N–H and O–H groups in total. The minimum absolute atomic E-state index is 0.378. The SMILES string of the molecule is Cc1nc(-c2cnn(C)n2)nc(Cl)c1Br. The molecule has 0 unspecified atom stereocenters. The second kappa shape index (κ2) is 3.86. The van der Waals surface area contributed by atoms with Crippen LogP contribution in [0.25, 0.3) is 11.5 Å². The van der Waals surface area contributed by atoms with Gasteiger partial charge in [0, 0.05) is 7.05 Å². The maximum absolute atomic E-state index is 5.92. The van der Waals surface area contributed by atoms with Gasteiger partial charge in [-0.05, 0) is 22.9 Å². The second-order valence-electron chi connectivity index (χ2n) is 2.96. The second-order valence-corrected chi connectivity index (χ2v) is 4.11. The van der Waals surface area contributed by atoms with Gasteiger partial charge in [-0.15, -0.1) is 0 Å². The summed E-state index contributed by atoms with van der Waals surface area (Å²) in [5.74, 6) is 0.480. The molecule has 0 fully saturated rings. The highest BCUT2D eigenvalue weighted by atomic mass is 79.9. The van der Waals surface area contributed by atoms with Gasteiger partial charge < -0.3 is 0 Å². The number of hydrogen-bond acceptors (Lipinski definition) is 4. The van der Waals surface area contributed by atoms with Gasteiger partial charge in [0.1, 0.15) is 10.8 Å². The Morgan fingerprint density at radius 1 is 1.40 bits per heavy atom. The van der Waals surface area contributed by atoms with E-state index in [4.69, 9.17) is 11.6 Å². The Bertz CT molecular complexity index is 486. The van der Waals surface area contributed by atoms with Gasteiger partial charge in [-0.3, -0.25) is 0 Å². The van der Waals surface area contributed by atoms with Gasteiger partial charge in [0.25, 0.3) is 0 Å². The third-order valence-corrected chi connectivity index (χ3v) is 3.26. The lowest BCUT2D eigenvalue weighted by Gasteiger charge is -2.01. The highest BCUT2D eigenvalue weighted by Crippen LogP contribution is 2.25. The van der Waals surface area contributed by atoms with Crippen molar-refractivity contribution in [3.63, 3.8) is 0 Å². The van der Waals surface area contributed by atoms with Gasteiger partial charge >= 0.3 is 0 Å². The smallest absolute Gasteiger partial charge is 0.183 e. The van der Waals surface area contributed by atoms with Gasteiger partial charge in [-0.2, -0.15) is 15.0 Å². The summed E-state index contributed by atoms with van der Waals surface area (Å²) in [4.78, 5) is 9.82. The number of aryl methyl sites for hydroxylation is 2. The fourth-order valence-electron chi connectivity index (χ4n) is 1.09. The molecule has 2 aromatic heterocycles. The average molecular weight is 289 g/mol. The molecule has 2 aromatic rings. The van der Waals surface area contributed by atoms with Crippen LogP contribution in [0.5, 0.6) is 0 Å². The molecule has 0 saturated carbocycles. The Balaban J connectivity index is 2.55. The minimum atomic E-state index is 0.378. The molecule has 0 atom stereocenters. The Morgan fingerprint density at radius 2 is 2.13 bits per heavy atom. The lowest BCUT2D eigenvalue weighted by molar-refractivity contribution is 0.655. The number of rotatable bonds is 1. The minimum Gasteiger partial charge on any atom is -0.231 e. The molecule has 0 aliphatic rings. The lowest BCUT2D eigenvalue weighted by atomic mass is 10.4. The molecule has 2 heterocycles. The third kappa shape index (κ3) is 2.00. The van der Waals surface area contributed by atoms with E-state index < -0.39 is 0 Å². The van der Waals surface area contributed by atoms with Crippen molar-refractivity contribution in [3.8, 4) is 11.5 Å². The van der Waals surface area contributed by atoms with Crippen LogP contribution in [-0.2, 0) is 7.05 Å². The van der Waals surface area contributed by atoms with Gasteiger partial charge in [0.05, 0.1) is 16.4 Å². The Morgan fingerprint density at radius 3 is 2.67 bits per heavy atom. The van der Waals surface area contributed by atoms with E-state index in [-0.39, 0.29) is 0 Å². The molecule has 15 heavy (non-hydrogen) atoms. The van der Waals surface area contributed by atoms with Gasteiger partial charge in [-0.1, -0.05) is 11.6 Å². The molecule has 0 aliphatic carbocycles. The molecule has 0 bridgehead atoms. The number of nitrogens with zero attached hydrogens (tertiary/aromatic N) is 5. The van der Waals surface area contributed by atoms with Crippen LogP contribution in [0.2, 0.25) is 5.15 Å². The van der Waals surface area contributed by atoms with Gasteiger partial charge in [-0.25, -0.2) is 9.97 Å². The zero-order valence-corrected chi connectivity index (χ0v) is 10.4. The quantitative estimate of drug-likeness (QED) is 0.753. The van der Waals surface area contributed by atoms with Crippen molar-refractivity contribution >= 4 is 27.5 Å². The normalized spacial score (nSPS) is 10.7. The van der Waals surface area contributed by atoms with E-state index in [1.165, 1.54) is 4.80 Å². The first-order valence-corrected chi connectivity index (χ1v) is 5.31. The molecule has 78 valence electrons. The molecule has 2 rings (SSSR count). The van der Waals surface area contributed by atoms with E-state index in [9.17, 15) is 0 Å². The highest BCUT2D eigenvalue weighted by molar-refractivity contribution is 9.10. The molecule has 0 amide bonds. The topological polar surface area (TPSA) is 56.5 Å². The predicted molar refractivity (Wildman–Crippen MR) is 59.5 cm³/mol. The predicted octanol–water partition coefficient (Wildman–Crippen LogP) is 2.00. The number of halogens is 2. The van der Waals surface area contributed by atoms with Gasteiger partial charge in [0.15, 0.2) is 5.82 Å². The summed E-state index contributed by atoms with van der Waals surface area (Å²) < 4.78 is 0.705. The van der Waals surface area contributed by atoms with Crippen LogP contribution in [0.4, 0.5) is 0 Å². The Hall–Kier alpha value is -1.01. The highest BCUT2D eigenvalue weighted by Gasteiger charge is 2.11. The first-order valence-electron chi connectivity index (χ1n) is 4.14. The summed E-state index contributed by atoms with van der Waals surface area (Å²) in [6.07, 6.45) is 1.60. The maximum Gasteiger partial charge on any atom is 0.183 e. The van der Waals surface area contributed by atoms with E-state index in [1.54, 1.807) is 13.2 Å². The Kier molecular flexibility index (Phi) is 2.70. The fourth-order valence-corrected chi connectivity index (χ4v) is 1.48. The largest absolute Gasteiger partial charge is 0.231 e. The van der Waals surface area contributed by atoms with Crippen LogP contribution in [0, 0.1) is 6.92 Å². The first-order chi connectivity index (χ1) is 7.08. The first kappa shape index (κ1) is 10.5. The molecule has 0 saturated heterocycles. The van der Waals surface area contributed by atoms with E-state index in [1.807, 2.05) is 6.92 Å². The summed E-state index contributed by atoms with van der Waals surface area (Å²) in [5, 5.41) is 8.42. The van der Waals surface area contributed by atoms with E-state index >= 15 is 0 Å². The van der Waals surface area contributed by atoms with E-state index in [0.717, 1.165) is 5.69 Å². The van der Waals surface area contributed by atoms with Crippen molar-refractivity contribution in [1.82, 2.24) is 25.0 Å². The van der Waals surface area contributed by atoms with Crippen molar-refractivity contribution in [2.75, 3.05) is 0 Å². The lowest BCUT2D eigenvalue weighted by Crippen LogP contribution is -1.96. The molecule has 0 aromatic carbocycles.